The van der Waals surface area contributed by atoms with Crippen molar-refractivity contribution in [1.82, 2.24) is 0 Å². The van der Waals surface area contributed by atoms with Crippen molar-refractivity contribution in [3.8, 4) is 33.4 Å². The molecule has 0 saturated carbocycles. The van der Waals surface area contributed by atoms with E-state index < -0.39 is 10.9 Å². The molecule has 4 rings (SSSR count). The molecule has 24 heavy (non-hydrogen) atoms. The lowest BCUT2D eigenvalue weighted by molar-refractivity contribution is 1.40. The highest BCUT2D eigenvalue weighted by Crippen LogP contribution is 2.30. The molecule has 0 N–H and O–H groups in total. The van der Waals surface area contributed by atoms with Crippen LogP contribution in [0.2, 0.25) is 0 Å². The molecule has 0 bridgehead atoms. The Morgan fingerprint density at radius 1 is 0.375 bits per heavy atom. The van der Waals surface area contributed by atoms with Crippen LogP contribution >= 0.6 is 0 Å². The van der Waals surface area contributed by atoms with E-state index in [0.717, 1.165) is 22.3 Å². The van der Waals surface area contributed by atoms with Crippen LogP contribution in [0.5, 0.6) is 0 Å². The van der Waals surface area contributed by atoms with Crippen LogP contribution in [-0.2, 0) is 0 Å². The van der Waals surface area contributed by atoms with Crippen LogP contribution in [0.3, 0.4) is 0 Å². The van der Waals surface area contributed by atoms with Gasteiger partial charge < -0.3 is 0 Å². The summed E-state index contributed by atoms with van der Waals surface area (Å²) < 4.78 is 0. The van der Waals surface area contributed by atoms with Crippen molar-refractivity contribution in [2.75, 3.05) is 0 Å². The van der Waals surface area contributed by atoms with E-state index in [0.29, 0.717) is 11.1 Å². The summed E-state index contributed by atoms with van der Waals surface area (Å²) in [6.07, 6.45) is 0. The van der Waals surface area contributed by atoms with E-state index in [2.05, 4.69) is 0 Å². The summed E-state index contributed by atoms with van der Waals surface area (Å²) in [5.41, 5.74) is 4.03. The van der Waals surface area contributed by atoms with Crippen molar-refractivity contribution in [1.29, 1.82) is 0 Å². The molecule has 0 saturated heterocycles. The molecule has 0 amide bonds. The Hall–Kier alpha value is -3.26. The molecule has 0 unspecified atom stereocenters. The van der Waals surface area contributed by atoms with Crippen LogP contribution < -0.4 is 10.9 Å². The van der Waals surface area contributed by atoms with Crippen LogP contribution in [0.4, 0.5) is 0 Å². The molecular weight excluding hydrogens is 296 g/mol. The van der Waals surface area contributed by atoms with E-state index >= 15 is 0 Å². The molecule has 0 aliphatic carbocycles. The van der Waals surface area contributed by atoms with Crippen molar-refractivity contribution in [2.45, 2.75) is 0 Å². The molecule has 0 fully saturated rings. The van der Waals surface area contributed by atoms with E-state index in [4.69, 9.17) is 0 Å². The van der Waals surface area contributed by atoms with Crippen molar-refractivity contribution >= 4 is 0 Å². The van der Waals surface area contributed by atoms with Gasteiger partial charge in [-0.3, -0.25) is 9.59 Å². The maximum atomic E-state index is 12.1. The third-order valence-electron chi connectivity index (χ3n) is 4.25. The average Bonchev–Trinajstić information content (AvgIpc) is 2.67. The molecule has 0 aliphatic heterocycles. The SMILES string of the molecule is O=c1c(-c2ccccc2)c(-c2ccc(-c3ccccc3)cc2)c1=O. The standard InChI is InChI=1S/C22H14O2/c23-21-19(17-9-5-2-6-10-17)20(22(21)24)18-13-11-16(12-14-18)15-7-3-1-4-8-15/h1-14H. The average molecular weight is 310 g/mol. The van der Waals surface area contributed by atoms with Crippen LogP contribution in [0.25, 0.3) is 33.4 Å². The van der Waals surface area contributed by atoms with Crippen LogP contribution in [0.1, 0.15) is 0 Å². The lowest BCUT2D eigenvalue weighted by atomic mass is 9.88. The van der Waals surface area contributed by atoms with Crippen molar-refractivity contribution in [2.24, 2.45) is 0 Å². The maximum Gasteiger partial charge on any atom is 0.234 e. The minimum atomic E-state index is -0.402. The first-order chi connectivity index (χ1) is 11.8. The molecule has 0 aromatic heterocycles. The molecule has 4 aromatic carbocycles. The minimum absolute atomic E-state index is 0.400. The monoisotopic (exact) mass is 310 g/mol. The normalized spacial score (nSPS) is 10.8. The molecule has 4 aromatic rings. The van der Waals surface area contributed by atoms with Gasteiger partial charge in [0, 0.05) is 11.1 Å². The number of rotatable bonds is 3. The van der Waals surface area contributed by atoms with Crippen molar-refractivity contribution in [3.63, 3.8) is 0 Å². The zero-order valence-electron chi connectivity index (χ0n) is 12.9. The predicted octanol–water partition coefficient (Wildman–Crippen LogP) is 4.28. The minimum Gasteiger partial charge on any atom is -0.285 e. The van der Waals surface area contributed by atoms with Gasteiger partial charge in [-0.1, -0.05) is 84.9 Å². The highest BCUT2D eigenvalue weighted by molar-refractivity contribution is 5.87. The fraction of sp³-hybridized carbons (Fsp3) is 0. The van der Waals surface area contributed by atoms with Gasteiger partial charge in [-0.2, -0.15) is 0 Å². The first-order valence-electron chi connectivity index (χ1n) is 7.80. The maximum absolute atomic E-state index is 12.1. The summed E-state index contributed by atoms with van der Waals surface area (Å²) in [5.74, 6) is 0. The first-order valence-corrected chi connectivity index (χ1v) is 7.80. The van der Waals surface area contributed by atoms with Crippen molar-refractivity contribution < 1.29 is 0 Å². The Balaban J connectivity index is 1.77. The van der Waals surface area contributed by atoms with Crippen molar-refractivity contribution in [3.05, 3.63) is 105 Å². The van der Waals surface area contributed by atoms with Gasteiger partial charge in [0.05, 0.1) is 0 Å². The van der Waals surface area contributed by atoms with Gasteiger partial charge in [0.2, 0.25) is 10.9 Å². The fourth-order valence-corrected chi connectivity index (χ4v) is 3.01. The van der Waals surface area contributed by atoms with Gasteiger partial charge in [-0.15, -0.1) is 0 Å². The summed E-state index contributed by atoms with van der Waals surface area (Å²) in [4.78, 5) is 24.1. The lowest BCUT2D eigenvalue weighted by Crippen LogP contribution is -2.34. The summed E-state index contributed by atoms with van der Waals surface area (Å²) in [6.45, 7) is 0. The summed E-state index contributed by atoms with van der Waals surface area (Å²) in [6, 6.07) is 27.2. The summed E-state index contributed by atoms with van der Waals surface area (Å²) in [5, 5.41) is 0. The zero-order chi connectivity index (χ0) is 16.5. The van der Waals surface area contributed by atoms with Gasteiger partial charge in [0.25, 0.3) is 0 Å². The van der Waals surface area contributed by atoms with Crippen LogP contribution in [-0.4, -0.2) is 0 Å². The highest BCUT2D eigenvalue weighted by atomic mass is 16.2. The summed E-state index contributed by atoms with van der Waals surface area (Å²) >= 11 is 0. The van der Waals surface area contributed by atoms with Gasteiger partial charge >= 0.3 is 0 Å². The highest BCUT2D eigenvalue weighted by Gasteiger charge is 2.23. The smallest absolute Gasteiger partial charge is 0.234 e. The number of benzene rings is 3. The van der Waals surface area contributed by atoms with Gasteiger partial charge in [-0.05, 0) is 22.3 Å². The number of hydrogen-bond acceptors (Lipinski definition) is 2. The molecule has 0 heterocycles. The van der Waals surface area contributed by atoms with E-state index in [1.54, 1.807) is 0 Å². The molecule has 2 nitrogen and oxygen atoms in total. The Morgan fingerprint density at radius 2 is 0.708 bits per heavy atom. The molecule has 0 atom stereocenters. The van der Waals surface area contributed by atoms with E-state index in [-0.39, 0.29) is 0 Å². The molecular formula is C22H14O2. The molecule has 2 heteroatoms. The second kappa shape index (κ2) is 5.74. The van der Waals surface area contributed by atoms with Crippen LogP contribution in [0.15, 0.2) is 94.5 Å². The molecule has 0 radical (unpaired) electrons. The third-order valence-corrected chi connectivity index (χ3v) is 4.25. The molecule has 0 spiro atoms. The van der Waals surface area contributed by atoms with Gasteiger partial charge in [-0.25, -0.2) is 0 Å². The Morgan fingerprint density at radius 3 is 1.21 bits per heavy atom. The lowest BCUT2D eigenvalue weighted by Gasteiger charge is -2.12. The van der Waals surface area contributed by atoms with Gasteiger partial charge in [0.1, 0.15) is 0 Å². The van der Waals surface area contributed by atoms with Gasteiger partial charge in [0.15, 0.2) is 0 Å². The first kappa shape index (κ1) is 14.3. The quantitative estimate of drug-likeness (QED) is 0.529. The topological polar surface area (TPSA) is 34.1 Å². The second-order valence-electron chi connectivity index (χ2n) is 5.72. The third kappa shape index (κ3) is 2.29. The zero-order valence-corrected chi connectivity index (χ0v) is 12.9. The predicted molar refractivity (Wildman–Crippen MR) is 97.7 cm³/mol. The molecule has 0 aliphatic rings. The second-order valence-corrected chi connectivity index (χ2v) is 5.72. The summed E-state index contributed by atoms with van der Waals surface area (Å²) in [7, 11) is 0. The Labute approximate surface area is 139 Å². The van der Waals surface area contributed by atoms with E-state index in [9.17, 15) is 9.59 Å². The van der Waals surface area contributed by atoms with E-state index in [1.807, 2.05) is 84.9 Å². The largest absolute Gasteiger partial charge is 0.285 e. The van der Waals surface area contributed by atoms with Crippen LogP contribution in [0, 0.1) is 0 Å². The fourth-order valence-electron chi connectivity index (χ4n) is 3.01. The Bertz CT molecular complexity index is 1050. The number of hydrogen-bond donors (Lipinski definition) is 0. The van der Waals surface area contributed by atoms with E-state index in [1.165, 1.54) is 0 Å². The molecule has 114 valence electrons. The Kier molecular flexibility index (Phi) is 3.43.